The summed E-state index contributed by atoms with van der Waals surface area (Å²) in [6.45, 7) is 0.376. The van der Waals surface area contributed by atoms with Crippen molar-refractivity contribution in [1.29, 1.82) is 0 Å². The summed E-state index contributed by atoms with van der Waals surface area (Å²) in [6, 6.07) is 22.3. The number of rotatable bonds is 9. The van der Waals surface area contributed by atoms with Gasteiger partial charge in [-0.25, -0.2) is 5.43 Å². The van der Waals surface area contributed by atoms with E-state index in [1.165, 1.54) is 0 Å². The molecule has 1 heterocycles. The van der Waals surface area contributed by atoms with Crippen LogP contribution in [0.5, 0.6) is 17.2 Å². The molecule has 4 aromatic rings. The van der Waals surface area contributed by atoms with Gasteiger partial charge in [0.15, 0.2) is 17.2 Å². The Morgan fingerprint density at radius 2 is 1.74 bits per heavy atom. The summed E-state index contributed by atoms with van der Waals surface area (Å²) in [7, 11) is 3.15. The number of nitrogens with one attached hydrogen (secondary N) is 2. The molecule has 2 N–H and O–H groups in total. The highest BCUT2D eigenvalue weighted by atomic mass is 16.5. The van der Waals surface area contributed by atoms with Crippen LogP contribution in [0, 0.1) is 0 Å². The van der Waals surface area contributed by atoms with Crippen LogP contribution in [0.2, 0.25) is 0 Å². The van der Waals surface area contributed by atoms with Crippen molar-refractivity contribution >= 4 is 12.2 Å². The summed E-state index contributed by atoms with van der Waals surface area (Å²) in [6.07, 6.45) is 1.56. The lowest BCUT2D eigenvalue weighted by molar-refractivity contribution is 0.284. The molecule has 0 saturated carbocycles. The van der Waals surface area contributed by atoms with Crippen LogP contribution in [-0.2, 0) is 6.61 Å². The highest BCUT2D eigenvalue weighted by Gasteiger charge is 2.10. The second-order valence-electron chi connectivity index (χ2n) is 7.10. The zero-order valence-electron chi connectivity index (χ0n) is 18.7. The van der Waals surface area contributed by atoms with Gasteiger partial charge in [-0.2, -0.15) is 5.10 Å². The van der Waals surface area contributed by atoms with Gasteiger partial charge in [0.05, 0.1) is 20.4 Å². The van der Waals surface area contributed by atoms with Crippen LogP contribution in [0.25, 0.3) is 11.3 Å². The zero-order valence-corrected chi connectivity index (χ0v) is 18.7. The SMILES string of the molecule is COc1ccc(-c2nnc(N/N=C/c3cccc(OC)c3OCc3ccccc3)[nH]c2=O)cc1. The molecule has 0 unspecified atom stereocenters. The Labute approximate surface area is 196 Å². The molecule has 9 heteroatoms. The number of hydrazone groups is 1. The molecule has 0 amide bonds. The molecule has 3 aromatic carbocycles. The first-order valence-electron chi connectivity index (χ1n) is 10.4. The minimum Gasteiger partial charge on any atom is -0.497 e. The summed E-state index contributed by atoms with van der Waals surface area (Å²) in [5.41, 5.74) is 4.83. The van der Waals surface area contributed by atoms with Gasteiger partial charge in [-0.3, -0.25) is 9.78 Å². The van der Waals surface area contributed by atoms with E-state index in [0.717, 1.165) is 5.56 Å². The standard InChI is InChI=1S/C25H23N5O4/c1-32-20-13-11-18(12-14-20)22-24(31)27-25(30-28-22)29-26-15-19-9-6-10-21(33-2)23(19)34-16-17-7-4-3-5-8-17/h3-15H,16H2,1-2H3,(H2,27,29,30,31)/b26-15+. The Balaban J connectivity index is 1.48. The molecule has 0 aliphatic rings. The maximum absolute atomic E-state index is 12.5. The number of aromatic amines is 1. The maximum Gasteiger partial charge on any atom is 0.279 e. The van der Waals surface area contributed by atoms with Gasteiger partial charge >= 0.3 is 0 Å². The number of H-pyrrole nitrogens is 1. The molecule has 0 spiro atoms. The number of nitrogens with zero attached hydrogens (tertiary/aromatic N) is 3. The molecule has 0 saturated heterocycles. The molecule has 172 valence electrons. The van der Waals surface area contributed by atoms with Crippen molar-refractivity contribution in [3.8, 4) is 28.5 Å². The van der Waals surface area contributed by atoms with E-state index < -0.39 is 5.56 Å². The average Bonchev–Trinajstić information content (AvgIpc) is 2.88. The lowest BCUT2D eigenvalue weighted by Gasteiger charge is -2.13. The predicted molar refractivity (Wildman–Crippen MR) is 130 cm³/mol. The monoisotopic (exact) mass is 457 g/mol. The number of ether oxygens (including phenoxy) is 3. The molecule has 1 aromatic heterocycles. The van der Waals surface area contributed by atoms with Crippen molar-refractivity contribution in [1.82, 2.24) is 15.2 Å². The Bertz CT molecular complexity index is 1320. The van der Waals surface area contributed by atoms with Gasteiger partial charge in [-0.15, -0.1) is 10.2 Å². The van der Waals surface area contributed by atoms with Crippen LogP contribution >= 0.6 is 0 Å². The molecular weight excluding hydrogens is 434 g/mol. The lowest BCUT2D eigenvalue weighted by Crippen LogP contribution is -2.15. The van der Waals surface area contributed by atoms with Crippen molar-refractivity contribution in [3.63, 3.8) is 0 Å². The Kier molecular flexibility index (Phi) is 7.14. The van der Waals surface area contributed by atoms with E-state index in [1.54, 1.807) is 44.7 Å². The number of hydrogen-bond donors (Lipinski definition) is 2. The van der Waals surface area contributed by atoms with Crippen LogP contribution in [0.3, 0.4) is 0 Å². The molecule has 0 fully saturated rings. The molecule has 0 bridgehead atoms. The molecule has 4 rings (SSSR count). The van der Waals surface area contributed by atoms with E-state index in [4.69, 9.17) is 14.2 Å². The fourth-order valence-corrected chi connectivity index (χ4v) is 3.17. The van der Waals surface area contributed by atoms with Crippen molar-refractivity contribution in [2.45, 2.75) is 6.61 Å². The van der Waals surface area contributed by atoms with Gasteiger partial charge in [-0.1, -0.05) is 36.4 Å². The first kappa shape index (κ1) is 22.5. The van der Waals surface area contributed by atoms with Gasteiger partial charge in [0.25, 0.3) is 5.56 Å². The van der Waals surface area contributed by atoms with Gasteiger partial charge < -0.3 is 14.2 Å². The van der Waals surface area contributed by atoms with Crippen LogP contribution in [0.4, 0.5) is 5.95 Å². The molecular formula is C25H23N5O4. The molecule has 34 heavy (non-hydrogen) atoms. The number of aromatic nitrogens is 3. The summed E-state index contributed by atoms with van der Waals surface area (Å²) in [4.78, 5) is 15.1. The maximum atomic E-state index is 12.5. The highest BCUT2D eigenvalue weighted by Crippen LogP contribution is 2.31. The van der Waals surface area contributed by atoms with Gasteiger partial charge in [0, 0.05) is 11.1 Å². The van der Waals surface area contributed by atoms with E-state index in [0.29, 0.717) is 35.0 Å². The van der Waals surface area contributed by atoms with E-state index in [2.05, 4.69) is 25.7 Å². The summed E-state index contributed by atoms with van der Waals surface area (Å²) >= 11 is 0. The number of anilines is 1. The molecule has 0 atom stereocenters. The fraction of sp³-hybridized carbons (Fsp3) is 0.120. The molecule has 0 aliphatic heterocycles. The Hall–Kier alpha value is -4.66. The Morgan fingerprint density at radius 3 is 2.44 bits per heavy atom. The molecule has 0 aliphatic carbocycles. The first-order chi connectivity index (χ1) is 16.7. The van der Waals surface area contributed by atoms with E-state index >= 15 is 0 Å². The van der Waals surface area contributed by atoms with Crippen LogP contribution in [-0.4, -0.2) is 35.6 Å². The third-order valence-corrected chi connectivity index (χ3v) is 4.89. The van der Waals surface area contributed by atoms with Crippen molar-refractivity contribution in [2.75, 3.05) is 19.6 Å². The topological polar surface area (TPSA) is 111 Å². The van der Waals surface area contributed by atoms with Crippen molar-refractivity contribution < 1.29 is 14.2 Å². The Morgan fingerprint density at radius 1 is 0.941 bits per heavy atom. The fourth-order valence-electron chi connectivity index (χ4n) is 3.17. The second-order valence-corrected chi connectivity index (χ2v) is 7.10. The number of methoxy groups -OCH3 is 2. The number of benzene rings is 3. The minimum atomic E-state index is -0.397. The summed E-state index contributed by atoms with van der Waals surface area (Å²) in [5.74, 6) is 1.92. The highest BCUT2D eigenvalue weighted by molar-refractivity contribution is 5.85. The summed E-state index contributed by atoms with van der Waals surface area (Å²) in [5, 5.41) is 12.2. The second kappa shape index (κ2) is 10.8. The van der Waals surface area contributed by atoms with Crippen molar-refractivity contribution in [2.24, 2.45) is 5.10 Å². The van der Waals surface area contributed by atoms with E-state index in [1.807, 2.05) is 48.5 Å². The first-order valence-corrected chi connectivity index (χ1v) is 10.4. The van der Waals surface area contributed by atoms with Crippen molar-refractivity contribution in [3.05, 3.63) is 94.3 Å². The molecule has 9 nitrogen and oxygen atoms in total. The lowest BCUT2D eigenvalue weighted by atomic mass is 10.1. The third kappa shape index (κ3) is 5.39. The largest absolute Gasteiger partial charge is 0.497 e. The smallest absolute Gasteiger partial charge is 0.279 e. The van der Waals surface area contributed by atoms with Gasteiger partial charge in [0.2, 0.25) is 5.95 Å². The zero-order chi connectivity index (χ0) is 23.8. The van der Waals surface area contributed by atoms with E-state index in [-0.39, 0.29) is 11.6 Å². The predicted octanol–water partition coefficient (Wildman–Crippen LogP) is 3.87. The average molecular weight is 457 g/mol. The quantitative estimate of drug-likeness (QED) is 0.290. The normalized spacial score (nSPS) is 10.8. The summed E-state index contributed by atoms with van der Waals surface area (Å²) < 4.78 is 16.6. The third-order valence-electron chi connectivity index (χ3n) is 4.89. The van der Waals surface area contributed by atoms with Crippen LogP contribution < -0.4 is 25.2 Å². The van der Waals surface area contributed by atoms with E-state index in [9.17, 15) is 4.79 Å². The number of hydrogen-bond acceptors (Lipinski definition) is 8. The molecule has 0 radical (unpaired) electrons. The van der Waals surface area contributed by atoms with Gasteiger partial charge in [0.1, 0.15) is 12.4 Å². The number of para-hydroxylation sites is 1. The minimum absolute atomic E-state index is 0.105. The van der Waals surface area contributed by atoms with Crippen LogP contribution in [0.15, 0.2) is 82.7 Å². The van der Waals surface area contributed by atoms with Gasteiger partial charge in [-0.05, 0) is 42.0 Å². The van der Waals surface area contributed by atoms with Crippen LogP contribution in [0.1, 0.15) is 11.1 Å².